The second-order valence-corrected chi connectivity index (χ2v) is 12.7. The number of hydrogen-bond acceptors (Lipinski definition) is 6. The lowest BCUT2D eigenvalue weighted by molar-refractivity contribution is -0.138. The third-order valence-electron chi connectivity index (χ3n) is 9.26. The third-order valence-corrected chi connectivity index (χ3v) is 9.52. The van der Waals surface area contributed by atoms with E-state index in [1.165, 1.54) is 0 Å². The van der Waals surface area contributed by atoms with E-state index in [4.69, 9.17) is 0 Å². The number of nitrogens with one attached hydrogen (secondary N) is 4. The maximum Gasteiger partial charge on any atom is 0.303 e. The van der Waals surface area contributed by atoms with Gasteiger partial charge >= 0.3 is 11.9 Å². The predicted molar refractivity (Wildman–Crippen MR) is 173 cm³/mol. The number of aliphatic hydroxyl groups is 1. The van der Waals surface area contributed by atoms with Crippen LogP contribution in [0.3, 0.4) is 0 Å². The largest absolute Gasteiger partial charge is 0.495 e. The first-order valence-electron chi connectivity index (χ1n) is 15.2. The number of aromatic nitrogens is 2. The van der Waals surface area contributed by atoms with Crippen LogP contribution in [0.5, 0.6) is 0 Å². The maximum absolute atomic E-state index is 12.5. The SMILES string of the molecule is CCC1=C(O)N[C@H](Cc2[nH]c(/C=c3\[nH]/c(=C/[C@@H]4NC(=O)C(C)/C4=C(\C)S)c(C)c3CCC(=O)O)c(CCC(=O)O)c2C)C1C. The van der Waals surface area contributed by atoms with Crippen molar-refractivity contribution >= 4 is 42.6 Å². The molecule has 0 aromatic carbocycles. The average molecular weight is 625 g/mol. The number of carboxylic acids is 2. The van der Waals surface area contributed by atoms with Gasteiger partial charge in [0.05, 0.1) is 12.0 Å². The zero-order valence-corrected chi connectivity index (χ0v) is 27.1. The fourth-order valence-electron chi connectivity index (χ4n) is 6.66. The number of aliphatic carboxylic acids is 2. The molecule has 0 radical (unpaired) electrons. The summed E-state index contributed by atoms with van der Waals surface area (Å²) in [6, 6.07) is -0.360. The molecule has 7 N–H and O–H groups in total. The highest BCUT2D eigenvalue weighted by molar-refractivity contribution is 7.84. The molecule has 44 heavy (non-hydrogen) atoms. The van der Waals surface area contributed by atoms with E-state index in [1.807, 2.05) is 46.8 Å². The smallest absolute Gasteiger partial charge is 0.303 e. The van der Waals surface area contributed by atoms with E-state index in [9.17, 15) is 29.7 Å². The van der Waals surface area contributed by atoms with Crippen LogP contribution in [-0.4, -0.2) is 55.2 Å². The van der Waals surface area contributed by atoms with Gasteiger partial charge in [0.2, 0.25) is 5.91 Å². The predicted octanol–water partition coefficient (Wildman–Crippen LogP) is 3.27. The summed E-state index contributed by atoms with van der Waals surface area (Å²) in [4.78, 5) is 43.4. The van der Waals surface area contributed by atoms with Crippen molar-refractivity contribution in [1.82, 2.24) is 20.6 Å². The minimum Gasteiger partial charge on any atom is -0.495 e. The van der Waals surface area contributed by atoms with Crippen molar-refractivity contribution in [3.63, 3.8) is 0 Å². The molecule has 4 heterocycles. The Kier molecular flexibility index (Phi) is 10.1. The lowest BCUT2D eigenvalue weighted by atomic mass is 9.91. The number of rotatable bonds is 11. The number of carboxylic acid groups (broad SMARTS) is 2. The molecule has 1 fully saturated rings. The van der Waals surface area contributed by atoms with Crippen LogP contribution in [0.2, 0.25) is 0 Å². The first-order valence-corrected chi connectivity index (χ1v) is 15.6. The number of carbonyl (C=O) groups is 3. The van der Waals surface area contributed by atoms with Gasteiger partial charge in [-0.1, -0.05) is 13.8 Å². The normalized spacial score (nSPS) is 23.8. The highest BCUT2D eigenvalue weighted by atomic mass is 32.1. The van der Waals surface area contributed by atoms with Crippen LogP contribution in [0, 0.1) is 25.7 Å². The number of allylic oxidation sites excluding steroid dienone is 1. The van der Waals surface area contributed by atoms with Crippen molar-refractivity contribution in [3.05, 3.63) is 66.3 Å². The molecule has 1 saturated heterocycles. The standard InChI is InChI=1S/C33H44N4O6S/c1-7-20-15(2)25(36-33(20)43)12-23-16(3)21(8-10-29(38)39)26(34-23)14-27-22(9-11-30(40)41)17(4)24(35-27)13-28-31(19(6)44)18(5)32(42)37-28/h13-15,18,25,28,34-36,43-44H,7-12H2,1-6H3,(H,37,42)(H,38,39)(H,40,41)/b24-13+,27-14-,31-19-/t15?,18?,25-,28+/m1/s1. The molecule has 11 heteroatoms. The molecule has 0 bridgehead atoms. The van der Waals surface area contributed by atoms with Gasteiger partial charge in [-0.3, -0.25) is 14.4 Å². The highest BCUT2D eigenvalue weighted by Crippen LogP contribution is 2.31. The first-order chi connectivity index (χ1) is 20.7. The summed E-state index contributed by atoms with van der Waals surface area (Å²) in [6.07, 6.45) is 5.77. The molecule has 0 aliphatic carbocycles. The molecule has 238 valence electrons. The molecule has 0 spiro atoms. The number of H-pyrrole nitrogens is 2. The zero-order chi connectivity index (χ0) is 32.5. The summed E-state index contributed by atoms with van der Waals surface area (Å²) in [5.74, 6) is -1.80. The van der Waals surface area contributed by atoms with Crippen LogP contribution in [0.15, 0.2) is 21.9 Å². The van der Waals surface area contributed by atoms with Crippen LogP contribution in [0.4, 0.5) is 0 Å². The van der Waals surface area contributed by atoms with Crippen molar-refractivity contribution < 1.29 is 29.7 Å². The van der Waals surface area contributed by atoms with Gasteiger partial charge in [0.25, 0.3) is 0 Å². The van der Waals surface area contributed by atoms with Crippen LogP contribution >= 0.6 is 12.6 Å². The molecule has 10 nitrogen and oxygen atoms in total. The Morgan fingerprint density at radius 1 is 0.955 bits per heavy atom. The van der Waals surface area contributed by atoms with E-state index in [2.05, 4.69) is 40.2 Å². The Labute approximate surface area is 262 Å². The molecule has 2 aliphatic rings. The van der Waals surface area contributed by atoms with Crippen LogP contribution in [0.1, 0.15) is 80.6 Å². The summed E-state index contributed by atoms with van der Waals surface area (Å²) in [5, 5.41) is 37.1. The molecule has 1 amide bonds. The van der Waals surface area contributed by atoms with Gasteiger partial charge in [0.1, 0.15) is 0 Å². The van der Waals surface area contributed by atoms with Gasteiger partial charge in [-0.2, -0.15) is 0 Å². The zero-order valence-electron chi connectivity index (χ0n) is 26.2. The third kappa shape index (κ3) is 6.77. The Bertz CT molecular complexity index is 1660. The summed E-state index contributed by atoms with van der Waals surface area (Å²) in [6.45, 7) is 11.7. The van der Waals surface area contributed by atoms with Gasteiger partial charge in [-0.15, -0.1) is 12.6 Å². The van der Waals surface area contributed by atoms with Crippen molar-refractivity contribution in [3.8, 4) is 0 Å². The summed E-state index contributed by atoms with van der Waals surface area (Å²) < 4.78 is 0. The fraction of sp³-hybridized carbons (Fsp3) is 0.485. The van der Waals surface area contributed by atoms with Gasteiger partial charge in [-0.25, -0.2) is 0 Å². The topological polar surface area (TPSA) is 168 Å². The second-order valence-electron chi connectivity index (χ2n) is 12.0. The number of aromatic amines is 2. The molecule has 0 saturated carbocycles. The van der Waals surface area contributed by atoms with Crippen LogP contribution in [0.25, 0.3) is 12.2 Å². The Hall–Kier alpha value is -3.86. The number of carbonyl (C=O) groups excluding carboxylic acids is 1. The van der Waals surface area contributed by atoms with Crippen LogP contribution < -0.4 is 21.3 Å². The summed E-state index contributed by atoms with van der Waals surface area (Å²) >= 11 is 4.53. The number of thiol groups is 1. The number of aliphatic hydroxyl groups excluding tert-OH is 1. The Morgan fingerprint density at radius 2 is 1.59 bits per heavy atom. The fourth-order valence-corrected chi connectivity index (χ4v) is 6.99. The van der Waals surface area contributed by atoms with Gasteiger partial charge in [0.15, 0.2) is 5.88 Å². The lowest BCUT2D eigenvalue weighted by Gasteiger charge is -2.17. The molecule has 4 atom stereocenters. The molecule has 2 aromatic heterocycles. The first kappa shape index (κ1) is 33.0. The van der Waals surface area contributed by atoms with E-state index in [-0.39, 0.29) is 48.6 Å². The quantitative estimate of drug-likeness (QED) is 0.178. The Balaban J connectivity index is 1.83. The van der Waals surface area contributed by atoms with Crippen LogP contribution in [-0.2, 0) is 33.6 Å². The maximum atomic E-state index is 12.5. The lowest BCUT2D eigenvalue weighted by Crippen LogP contribution is -2.30. The Morgan fingerprint density at radius 3 is 2.16 bits per heavy atom. The van der Waals surface area contributed by atoms with Crippen molar-refractivity contribution in [2.75, 3.05) is 0 Å². The van der Waals surface area contributed by atoms with Crippen molar-refractivity contribution in [2.45, 2.75) is 92.2 Å². The minimum atomic E-state index is -0.906. The molecular weight excluding hydrogens is 580 g/mol. The van der Waals surface area contributed by atoms with Gasteiger partial charge in [-0.05, 0) is 97.4 Å². The van der Waals surface area contributed by atoms with Crippen molar-refractivity contribution in [1.29, 1.82) is 0 Å². The van der Waals surface area contributed by atoms with Crippen molar-refractivity contribution in [2.24, 2.45) is 11.8 Å². The highest BCUT2D eigenvalue weighted by Gasteiger charge is 2.34. The number of amides is 1. The molecule has 2 aliphatic heterocycles. The van der Waals surface area contributed by atoms with E-state index >= 15 is 0 Å². The van der Waals surface area contributed by atoms with Gasteiger partial charge < -0.3 is 35.9 Å². The summed E-state index contributed by atoms with van der Waals surface area (Å²) in [7, 11) is 0. The van der Waals surface area contributed by atoms with E-state index < -0.39 is 11.9 Å². The number of hydrogen-bond donors (Lipinski definition) is 8. The molecular formula is C33H44N4O6S. The molecule has 2 aromatic rings. The van der Waals surface area contributed by atoms with E-state index in [1.54, 1.807) is 0 Å². The van der Waals surface area contributed by atoms with Gasteiger partial charge in [0, 0.05) is 53.3 Å². The minimum absolute atomic E-state index is 0.0101. The van der Waals surface area contributed by atoms with E-state index in [0.29, 0.717) is 19.3 Å². The molecule has 2 unspecified atom stereocenters. The molecule has 4 rings (SSSR count). The monoisotopic (exact) mass is 624 g/mol. The second kappa shape index (κ2) is 13.4. The summed E-state index contributed by atoms with van der Waals surface area (Å²) in [5.41, 5.74) is 7.18. The average Bonchev–Trinajstić information content (AvgIpc) is 3.59. The van der Waals surface area contributed by atoms with E-state index in [0.717, 1.165) is 66.8 Å².